The molecular weight excluding hydrogens is 459 g/mol. The molecule has 5 N–H and O–H groups in total. The molecule has 10 heteroatoms. The van der Waals surface area contributed by atoms with E-state index in [0.29, 0.717) is 45.5 Å². The van der Waals surface area contributed by atoms with Crippen molar-refractivity contribution in [1.82, 2.24) is 4.98 Å². The predicted molar refractivity (Wildman–Crippen MR) is 129 cm³/mol. The fourth-order valence-electron chi connectivity index (χ4n) is 3.76. The van der Waals surface area contributed by atoms with Crippen LogP contribution in [0.3, 0.4) is 0 Å². The highest BCUT2D eigenvalue weighted by molar-refractivity contribution is 7.19. The van der Waals surface area contributed by atoms with Crippen LogP contribution in [0.15, 0.2) is 42.5 Å². The van der Waals surface area contributed by atoms with Gasteiger partial charge in [0.25, 0.3) is 5.91 Å². The third-order valence-electron chi connectivity index (χ3n) is 5.40. The van der Waals surface area contributed by atoms with Gasteiger partial charge >= 0.3 is 5.97 Å². The molecule has 0 radical (unpaired) electrons. The molecule has 1 atom stereocenters. The van der Waals surface area contributed by atoms with Crippen LogP contribution in [-0.4, -0.2) is 41.2 Å². The molecule has 3 aromatic rings. The number of nitrogens with two attached hydrogens (primary N) is 1. The van der Waals surface area contributed by atoms with Gasteiger partial charge in [0.1, 0.15) is 15.8 Å². The summed E-state index contributed by atoms with van der Waals surface area (Å²) in [4.78, 5) is 28.9. The minimum absolute atomic E-state index is 0.0377. The number of carbonyl (C=O) groups excluding carboxylic acids is 1. The number of carboxylic acid groups (broad SMARTS) is 1. The van der Waals surface area contributed by atoms with E-state index in [2.05, 4.69) is 15.6 Å². The second kappa shape index (κ2) is 10.7. The van der Waals surface area contributed by atoms with Gasteiger partial charge in [-0.05, 0) is 48.2 Å². The Hall–Kier alpha value is -3.34. The molecule has 1 unspecified atom stereocenters. The molecule has 0 aliphatic carbocycles. The molecule has 1 saturated heterocycles. The molecule has 4 rings (SSSR count). The van der Waals surface area contributed by atoms with Gasteiger partial charge in [-0.3, -0.25) is 9.59 Å². The maximum absolute atomic E-state index is 14.1. The Morgan fingerprint density at radius 1 is 1.26 bits per heavy atom. The highest BCUT2D eigenvalue weighted by Gasteiger charge is 2.23. The molecule has 8 nitrogen and oxygen atoms in total. The van der Waals surface area contributed by atoms with E-state index in [-0.39, 0.29) is 24.8 Å². The number of thiazole rings is 1. The zero-order valence-corrected chi connectivity index (χ0v) is 19.2. The number of aromatic nitrogens is 1. The molecule has 34 heavy (non-hydrogen) atoms. The summed E-state index contributed by atoms with van der Waals surface area (Å²) < 4.78 is 19.8. The summed E-state index contributed by atoms with van der Waals surface area (Å²) in [5.41, 5.74) is 7.84. The number of benzene rings is 2. The fraction of sp³-hybridized carbons (Fsp3) is 0.292. The van der Waals surface area contributed by atoms with E-state index in [9.17, 15) is 19.1 Å². The third-order valence-corrected chi connectivity index (χ3v) is 6.47. The number of halogens is 1. The molecule has 178 valence electrons. The Morgan fingerprint density at radius 2 is 2.09 bits per heavy atom. The van der Waals surface area contributed by atoms with Crippen molar-refractivity contribution in [3.63, 3.8) is 0 Å². The van der Waals surface area contributed by atoms with Gasteiger partial charge in [-0.1, -0.05) is 29.5 Å². The monoisotopic (exact) mass is 484 g/mol. The molecular formula is C24H25FN4O4S. The van der Waals surface area contributed by atoms with Crippen molar-refractivity contribution >= 4 is 33.9 Å². The molecule has 2 heterocycles. The number of para-hydroxylation sites is 1. The molecule has 1 amide bonds. The second-order valence-electron chi connectivity index (χ2n) is 7.95. The minimum atomic E-state index is -1.00. The maximum Gasteiger partial charge on any atom is 0.307 e. The summed E-state index contributed by atoms with van der Waals surface area (Å²) in [6.45, 7) is 1.39. The summed E-state index contributed by atoms with van der Waals surface area (Å²) in [5, 5.41) is 16.2. The van der Waals surface area contributed by atoms with Crippen molar-refractivity contribution in [2.75, 3.05) is 23.8 Å². The SMILES string of the molecule is NCc1cc(F)cc(-c2nc(C(=O)Nc3ccccc3CC(=O)O)c(NCC3CCCO3)s2)c1. The van der Waals surface area contributed by atoms with Crippen molar-refractivity contribution in [3.8, 4) is 10.6 Å². The Labute approximate surface area is 200 Å². The van der Waals surface area contributed by atoms with E-state index >= 15 is 0 Å². The van der Waals surface area contributed by atoms with Gasteiger partial charge in [-0.15, -0.1) is 0 Å². The molecule has 1 aromatic heterocycles. The molecule has 1 aliphatic rings. The lowest BCUT2D eigenvalue weighted by Gasteiger charge is -2.12. The molecule has 0 bridgehead atoms. The van der Waals surface area contributed by atoms with Crippen LogP contribution in [0.2, 0.25) is 0 Å². The van der Waals surface area contributed by atoms with Gasteiger partial charge < -0.3 is 26.2 Å². The average molecular weight is 485 g/mol. The Bertz CT molecular complexity index is 1190. The lowest BCUT2D eigenvalue weighted by Crippen LogP contribution is -2.21. The normalized spacial score (nSPS) is 15.3. The van der Waals surface area contributed by atoms with Gasteiger partial charge in [-0.2, -0.15) is 0 Å². The van der Waals surface area contributed by atoms with Crippen LogP contribution in [0, 0.1) is 5.82 Å². The smallest absolute Gasteiger partial charge is 0.307 e. The standard InChI is InChI=1S/C24H25FN4O4S/c25-17-9-14(12-26)8-16(10-17)23-29-21(24(34-23)27-13-18-5-3-7-33-18)22(32)28-19-6-2-1-4-15(19)11-20(30)31/h1-2,4,6,8-10,18,27H,3,5,7,11-13,26H2,(H,28,32)(H,30,31). The number of hydrogen-bond acceptors (Lipinski definition) is 7. The summed E-state index contributed by atoms with van der Waals surface area (Å²) >= 11 is 1.24. The quantitative estimate of drug-likeness (QED) is 0.363. The van der Waals surface area contributed by atoms with Crippen LogP contribution in [0.1, 0.15) is 34.5 Å². The van der Waals surface area contributed by atoms with E-state index in [0.717, 1.165) is 12.8 Å². The van der Waals surface area contributed by atoms with E-state index in [4.69, 9.17) is 10.5 Å². The molecule has 1 aliphatic heterocycles. The summed E-state index contributed by atoms with van der Waals surface area (Å²) in [6, 6.07) is 11.2. The topological polar surface area (TPSA) is 127 Å². The highest BCUT2D eigenvalue weighted by Crippen LogP contribution is 2.34. The number of carboxylic acids is 1. The second-order valence-corrected chi connectivity index (χ2v) is 8.95. The predicted octanol–water partition coefficient (Wildman–Crippen LogP) is 3.88. The van der Waals surface area contributed by atoms with Crippen LogP contribution < -0.4 is 16.4 Å². The summed E-state index contributed by atoms with van der Waals surface area (Å²) in [7, 11) is 0. The van der Waals surface area contributed by atoms with Crippen molar-refractivity contribution in [2.24, 2.45) is 5.73 Å². The summed E-state index contributed by atoms with van der Waals surface area (Å²) in [6.07, 6.45) is 1.72. The first-order valence-corrected chi connectivity index (χ1v) is 11.7. The van der Waals surface area contributed by atoms with E-state index < -0.39 is 17.7 Å². The van der Waals surface area contributed by atoms with Gasteiger partial charge in [0, 0.05) is 30.9 Å². The maximum atomic E-state index is 14.1. The largest absolute Gasteiger partial charge is 0.481 e. The van der Waals surface area contributed by atoms with Crippen LogP contribution in [0.4, 0.5) is 15.1 Å². The Morgan fingerprint density at radius 3 is 2.82 bits per heavy atom. The van der Waals surface area contributed by atoms with Crippen LogP contribution in [0.25, 0.3) is 10.6 Å². The average Bonchev–Trinajstić information content (AvgIpc) is 3.48. The molecule has 0 spiro atoms. The van der Waals surface area contributed by atoms with E-state index in [1.54, 1.807) is 30.3 Å². The Balaban J connectivity index is 1.65. The van der Waals surface area contributed by atoms with Gasteiger partial charge in [0.15, 0.2) is 5.69 Å². The van der Waals surface area contributed by atoms with Gasteiger partial charge in [-0.25, -0.2) is 9.37 Å². The highest BCUT2D eigenvalue weighted by atomic mass is 32.1. The van der Waals surface area contributed by atoms with Crippen molar-refractivity contribution < 1.29 is 23.8 Å². The van der Waals surface area contributed by atoms with Crippen molar-refractivity contribution in [1.29, 1.82) is 0 Å². The third kappa shape index (κ3) is 5.77. The fourth-order valence-corrected chi connectivity index (χ4v) is 4.72. The number of rotatable bonds is 9. The van der Waals surface area contributed by atoms with Crippen LogP contribution in [-0.2, 0) is 22.5 Å². The van der Waals surface area contributed by atoms with Crippen LogP contribution in [0.5, 0.6) is 0 Å². The Kier molecular flexibility index (Phi) is 7.51. The first-order valence-electron chi connectivity index (χ1n) is 10.9. The number of carbonyl (C=O) groups is 2. The number of nitrogens with zero attached hydrogens (tertiary/aromatic N) is 1. The zero-order valence-electron chi connectivity index (χ0n) is 18.3. The van der Waals surface area contributed by atoms with E-state index in [1.807, 2.05) is 0 Å². The lowest BCUT2D eigenvalue weighted by atomic mass is 10.1. The van der Waals surface area contributed by atoms with Crippen LogP contribution >= 0.6 is 11.3 Å². The van der Waals surface area contributed by atoms with Gasteiger partial charge in [0.05, 0.1) is 12.5 Å². The van der Waals surface area contributed by atoms with Crippen molar-refractivity contribution in [3.05, 3.63) is 65.1 Å². The first kappa shape index (κ1) is 23.8. The lowest BCUT2D eigenvalue weighted by molar-refractivity contribution is -0.136. The number of amides is 1. The molecule has 0 saturated carbocycles. The molecule has 2 aromatic carbocycles. The number of aliphatic carboxylic acids is 1. The first-order chi connectivity index (χ1) is 16.4. The van der Waals surface area contributed by atoms with Crippen molar-refractivity contribution in [2.45, 2.75) is 31.9 Å². The number of hydrogen-bond donors (Lipinski definition) is 4. The number of anilines is 2. The van der Waals surface area contributed by atoms with E-state index in [1.165, 1.54) is 23.5 Å². The summed E-state index contributed by atoms with van der Waals surface area (Å²) in [5.74, 6) is -1.93. The number of nitrogens with one attached hydrogen (secondary N) is 2. The minimum Gasteiger partial charge on any atom is -0.481 e. The zero-order chi connectivity index (χ0) is 24.1. The molecule has 1 fully saturated rings. The van der Waals surface area contributed by atoms with Gasteiger partial charge in [0.2, 0.25) is 0 Å². The number of ether oxygens (including phenoxy) is 1.